The van der Waals surface area contributed by atoms with Gasteiger partial charge in [-0.2, -0.15) is 0 Å². The minimum Gasteiger partial charge on any atom is -0.462 e. The minimum absolute atomic E-state index is 0.0873. The average molecular weight is 1160 g/mol. The highest BCUT2D eigenvalue weighted by molar-refractivity contribution is 5.71. The first-order valence-corrected chi connectivity index (χ1v) is 36.1. The van der Waals surface area contributed by atoms with Crippen LogP contribution in [0.1, 0.15) is 367 Å². The lowest BCUT2D eigenvalue weighted by Gasteiger charge is -2.18. The van der Waals surface area contributed by atoms with E-state index < -0.39 is 6.10 Å². The van der Waals surface area contributed by atoms with Crippen LogP contribution < -0.4 is 0 Å². The van der Waals surface area contributed by atoms with Crippen LogP contribution in [0.15, 0.2) is 85.1 Å². The van der Waals surface area contributed by atoms with Crippen LogP contribution in [0.3, 0.4) is 0 Å². The molecule has 1 atom stereocenters. The van der Waals surface area contributed by atoms with Crippen molar-refractivity contribution in [3.05, 3.63) is 85.1 Å². The lowest BCUT2D eigenvalue weighted by atomic mass is 10.0. The summed E-state index contributed by atoms with van der Waals surface area (Å²) in [7, 11) is 0. The molecule has 1 unspecified atom stereocenters. The van der Waals surface area contributed by atoms with E-state index in [2.05, 4.69) is 106 Å². The van der Waals surface area contributed by atoms with E-state index in [4.69, 9.17) is 14.2 Å². The van der Waals surface area contributed by atoms with Crippen molar-refractivity contribution in [3.8, 4) is 0 Å². The maximum Gasteiger partial charge on any atom is 0.306 e. The van der Waals surface area contributed by atoms with Crippen molar-refractivity contribution in [2.75, 3.05) is 13.2 Å². The van der Waals surface area contributed by atoms with Crippen molar-refractivity contribution in [3.63, 3.8) is 0 Å². The predicted molar refractivity (Wildman–Crippen MR) is 362 cm³/mol. The highest BCUT2D eigenvalue weighted by Crippen LogP contribution is 2.18. The number of ether oxygens (including phenoxy) is 3. The first-order chi connectivity index (χ1) is 41.0. The van der Waals surface area contributed by atoms with Gasteiger partial charge in [-0.25, -0.2) is 0 Å². The number of hydrogen-bond acceptors (Lipinski definition) is 6. The third-order valence-electron chi connectivity index (χ3n) is 15.9. The SMILES string of the molecule is CC/C=C\C/C=C\C/C=C\C/C=C\CCCCC(=O)OCC(COC(=O)CCCCCCCCCCCCCCCCCCCCC/C=C\C/C=C\CCCCCCC)OC(=O)CCCCCCCCCCC/C=C\CCCCCCCC. The lowest BCUT2D eigenvalue weighted by molar-refractivity contribution is -0.167. The fraction of sp³-hybridized carbons (Fsp3) is 0.779. The largest absolute Gasteiger partial charge is 0.462 e. The molecule has 0 fully saturated rings. The van der Waals surface area contributed by atoms with Crippen LogP contribution in [0.25, 0.3) is 0 Å². The first kappa shape index (κ1) is 79.6. The molecule has 0 amide bonds. The van der Waals surface area contributed by atoms with Gasteiger partial charge >= 0.3 is 17.9 Å². The van der Waals surface area contributed by atoms with Crippen molar-refractivity contribution in [2.24, 2.45) is 0 Å². The van der Waals surface area contributed by atoms with Gasteiger partial charge in [0.1, 0.15) is 13.2 Å². The second-order valence-corrected chi connectivity index (χ2v) is 24.1. The maximum absolute atomic E-state index is 12.9. The Morgan fingerprint density at radius 3 is 0.771 bits per heavy atom. The number of unbranched alkanes of at least 4 members (excludes halogenated alkanes) is 41. The molecule has 0 rings (SSSR count). The monoisotopic (exact) mass is 1160 g/mol. The van der Waals surface area contributed by atoms with Crippen LogP contribution in [0.4, 0.5) is 0 Å². The van der Waals surface area contributed by atoms with E-state index in [9.17, 15) is 14.4 Å². The van der Waals surface area contributed by atoms with Gasteiger partial charge in [0.25, 0.3) is 0 Å². The van der Waals surface area contributed by atoms with Gasteiger partial charge in [0, 0.05) is 19.3 Å². The minimum atomic E-state index is -0.795. The molecule has 0 aliphatic heterocycles. The van der Waals surface area contributed by atoms with Gasteiger partial charge in [-0.3, -0.25) is 14.4 Å². The molecule has 0 spiro atoms. The van der Waals surface area contributed by atoms with E-state index >= 15 is 0 Å². The lowest BCUT2D eigenvalue weighted by Crippen LogP contribution is -2.30. The summed E-state index contributed by atoms with van der Waals surface area (Å²) in [5, 5.41) is 0. The van der Waals surface area contributed by atoms with Crippen LogP contribution >= 0.6 is 0 Å². The Hall–Kier alpha value is -3.41. The molecule has 6 heteroatoms. The Kier molecular flexibility index (Phi) is 68.2. The zero-order valence-corrected chi connectivity index (χ0v) is 55.2. The van der Waals surface area contributed by atoms with E-state index in [-0.39, 0.29) is 31.1 Å². The summed E-state index contributed by atoms with van der Waals surface area (Å²) in [4.78, 5) is 38.4. The van der Waals surface area contributed by atoms with Crippen LogP contribution in [0.5, 0.6) is 0 Å². The fourth-order valence-electron chi connectivity index (χ4n) is 10.5. The molecule has 0 aliphatic carbocycles. The van der Waals surface area contributed by atoms with Gasteiger partial charge in [0.15, 0.2) is 6.10 Å². The summed E-state index contributed by atoms with van der Waals surface area (Å²) >= 11 is 0. The first-order valence-electron chi connectivity index (χ1n) is 36.1. The average Bonchev–Trinajstić information content (AvgIpc) is 3.50. The van der Waals surface area contributed by atoms with Crippen LogP contribution in [-0.4, -0.2) is 37.2 Å². The van der Waals surface area contributed by atoms with Crippen LogP contribution in [0.2, 0.25) is 0 Å². The summed E-state index contributed by atoms with van der Waals surface area (Å²) in [6, 6.07) is 0. The maximum atomic E-state index is 12.9. The number of hydrogen-bond donors (Lipinski definition) is 0. The molecule has 0 aliphatic rings. The normalized spacial score (nSPS) is 12.6. The molecule has 6 nitrogen and oxygen atoms in total. The predicted octanol–water partition coefficient (Wildman–Crippen LogP) is 25.0. The molecule has 0 aromatic rings. The molecule has 0 aromatic heterocycles. The van der Waals surface area contributed by atoms with Crippen molar-refractivity contribution >= 4 is 17.9 Å². The molecule has 480 valence electrons. The van der Waals surface area contributed by atoms with E-state index in [0.717, 1.165) is 89.9 Å². The van der Waals surface area contributed by atoms with Crippen molar-refractivity contribution in [1.82, 2.24) is 0 Å². The van der Waals surface area contributed by atoms with E-state index in [1.54, 1.807) is 0 Å². The highest BCUT2D eigenvalue weighted by Gasteiger charge is 2.19. The molecule has 0 bridgehead atoms. The van der Waals surface area contributed by atoms with E-state index in [1.165, 1.54) is 238 Å². The third kappa shape index (κ3) is 69.3. The van der Waals surface area contributed by atoms with Crippen LogP contribution in [0, 0.1) is 0 Å². The molecule has 0 saturated heterocycles. The molecule has 0 heterocycles. The summed E-state index contributed by atoms with van der Waals surface area (Å²) in [6.07, 6.45) is 94.8. The van der Waals surface area contributed by atoms with Gasteiger partial charge in [-0.05, 0) is 116 Å². The second-order valence-electron chi connectivity index (χ2n) is 24.1. The standard InChI is InChI=1S/C77H136O6/c1-4-7-10-13-16-19-22-25-28-30-32-33-34-35-36-37-38-39-40-41-42-43-45-46-49-52-55-58-61-64-67-70-76(79)82-73-74(72-81-75(78)69-66-63-60-57-54-51-48-27-24-21-18-15-12-9-6-3)83-77(80)71-68-65-62-59-56-53-50-47-44-31-29-26-23-20-17-14-11-8-5-2/h9,12,18,21-22,25-27,29-30,32,48,54,57,74H,4-8,10-11,13-17,19-20,23-24,28,31,33-47,49-53,55-56,58-73H2,1-3H3/b12-9-,21-18-,25-22-,29-26-,32-30-,48-27-,57-54-. The summed E-state index contributed by atoms with van der Waals surface area (Å²) in [5.74, 6) is -0.914. The van der Waals surface area contributed by atoms with E-state index in [1.807, 2.05) is 0 Å². The Labute approximate surface area is 515 Å². The Bertz CT molecular complexity index is 1570. The number of carbonyl (C=O) groups excluding carboxylic acids is 3. The zero-order chi connectivity index (χ0) is 59.9. The Balaban J connectivity index is 4.24. The molecule has 0 N–H and O–H groups in total. The molecule has 0 aromatic carbocycles. The number of carbonyl (C=O) groups is 3. The second kappa shape index (κ2) is 71.1. The molecule has 0 saturated carbocycles. The summed E-state index contributed by atoms with van der Waals surface area (Å²) < 4.78 is 17.0. The zero-order valence-electron chi connectivity index (χ0n) is 55.2. The topological polar surface area (TPSA) is 78.9 Å². The van der Waals surface area contributed by atoms with Gasteiger partial charge in [-0.1, -0.05) is 318 Å². The third-order valence-corrected chi connectivity index (χ3v) is 15.9. The van der Waals surface area contributed by atoms with Gasteiger partial charge in [0.05, 0.1) is 0 Å². The van der Waals surface area contributed by atoms with Crippen molar-refractivity contribution in [2.45, 2.75) is 374 Å². The molecular formula is C77H136O6. The van der Waals surface area contributed by atoms with Crippen molar-refractivity contribution < 1.29 is 28.6 Å². The molecular weight excluding hydrogens is 1020 g/mol. The fourth-order valence-corrected chi connectivity index (χ4v) is 10.5. The van der Waals surface area contributed by atoms with Gasteiger partial charge in [0.2, 0.25) is 0 Å². The Morgan fingerprint density at radius 2 is 0.470 bits per heavy atom. The quantitative estimate of drug-likeness (QED) is 0.0261. The van der Waals surface area contributed by atoms with Gasteiger partial charge < -0.3 is 14.2 Å². The Morgan fingerprint density at radius 1 is 0.253 bits per heavy atom. The van der Waals surface area contributed by atoms with E-state index in [0.29, 0.717) is 19.3 Å². The summed E-state index contributed by atoms with van der Waals surface area (Å²) in [6.45, 7) is 6.52. The smallest absolute Gasteiger partial charge is 0.306 e. The van der Waals surface area contributed by atoms with Crippen molar-refractivity contribution in [1.29, 1.82) is 0 Å². The number of rotatable bonds is 66. The number of esters is 3. The van der Waals surface area contributed by atoms with Crippen LogP contribution in [-0.2, 0) is 28.6 Å². The van der Waals surface area contributed by atoms with Gasteiger partial charge in [-0.15, -0.1) is 0 Å². The summed E-state index contributed by atoms with van der Waals surface area (Å²) in [5.41, 5.74) is 0. The molecule has 0 radical (unpaired) electrons. The molecule has 83 heavy (non-hydrogen) atoms. The number of allylic oxidation sites excluding steroid dienone is 14. The highest BCUT2D eigenvalue weighted by atomic mass is 16.6.